The van der Waals surface area contributed by atoms with Crippen LogP contribution in [0.4, 0.5) is 0 Å². The second-order valence-corrected chi connectivity index (χ2v) is 6.00. The van der Waals surface area contributed by atoms with Crippen molar-refractivity contribution in [1.82, 2.24) is 4.98 Å². The molecule has 1 aliphatic rings. The van der Waals surface area contributed by atoms with Gasteiger partial charge in [0.25, 0.3) is 0 Å². The minimum absolute atomic E-state index is 0. The van der Waals surface area contributed by atoms with E-state index in [2.05, 4.69) is 4.98 Å². The summed E-state index contributed by atoms with van der Waals surface area (Å²) in [5.41, 5.74) is 3.08. The van der Waals surface area contributed by atoms with E-state index in [4.69, 9.17) is 14.2 Å². The van der Waals surface area contributed by atoms with Crippen molar-refractivity contribution >= 4 is 29.1 Å². The molecule has 1 aromatic heterocycles. The van der Waals surface area contributed by atoms with Gasteiger partial charge in [-0.1, -0.05) is 12.1 Å². The predicted octanol–water partition coefficient (Wildman–Crippen LogP) is 3.73. The molecule has 0 fully saturated rings. The van der Waals surface area contributed by atoms with Crippen LogP contribution >= 0.6 is 12.4 Å². The average Bonchev–Trinajstić information content (AvgIpc) is 3.00. The number of pyridine rings is 1. The number of benzene rings is 2. The van der Waals surface area contributed by atoms with Crippen LogP contribution in [-0.4, -0.2) is 25.2 Å². The first-order chi connectivity index (χ1) is 12.2. The molecule has 4 rings (SSSR count). The molecule has 26 heavy (non-hydrogen) atoms. The molecule has 0 N–H and O–H groups in total. The molecule has 6 heteroatoms. The Morgan fingerprint density at radius 1 is 1.08 bits per heavy atom. The Balaban J connectivity index is 0.00000196. The summed E-state index contributed by atoms with van der Waals surface area (Å²) in [5.74, 6) is 1.83. The van der Waals surface area contributed by atoms with Crippen LogP contribution in [0, 0.1) is 0 Å². The monoisotopic (exact) mass is 371 g/mol. The zero-order chi connectivity index (χ0) is 17.4. The molecule has 0 amide bonds. The van der Waals surface area contributed by atoms with Gasteiger partial charge in [-0.15, -0.1) is 12.4 Å². The fraction of sp³-hybridized carbons (Fsp3) is 0.200. The second kappa shape index (κ2) is 7.22. The molecule has 5 nitrogen and oxygen atoms in total. The Labute approximate surface area is 157 Å². The summed E-state index contributed by atoms with van der Waals surface area (Å²) in [6, 6.07) is 9.81. The summed E-state index contributed by atoms with van der Waals surface area (Å²) in [5, 5.41) is 2.05. The first-order valence-corrected chi connectivity index (χ1v) is 7.99. The molecule has 0 atom stereocenters. The van der Waals surface area contributed by atoms with E-state index in [-0.39, 0.29) is 18.4 Å². The van der Waals surface area contributed by atoms with Gasteiger partial charge in [-0.2, -0.15) is 0 Å². The molecular weight excluding hydrogens is 354 g/mol. The van der Waals surface area contributed by atoms with E-state index in [0.717, 1.165) is 27.5 Å². The fourth-order valence-electron chi connectivity index (χ4n) is 3.18. The van der Waals surface area contributed by atoms with E-state index in [0.29, 0.717) is 30.1 Å². The molecular formula is C20H18ClNO4. The van der Waals surface area contributed by atoms with Crippen molar-refractivity contribution in [3.8, 4) is 17.2 Å². The Bertz CT molecular complexity index is 987. The number of hydrogen-bond donors (Lipinski definition) is 0. The molecule has 0 spiro atoms. The third-order valence-electron chi connectivity index (χ3n) is 4.43. The maximum absolute atomic E-state index is 11.4. The van der Waals surface area contributed by atoms with Gasteiger partial charge >= 0.3 is 5.97 Å². The lowest BCUT2D eigenvalue weighted by molar-refractivity contribution is -0.131. The molecule has 0 bridgehead atoms. The van der Waals surface area contributed by atoms with Gasteiger partial charge in [0.05, 0.1) is 20.6 Å². The van der Waals surface area contributed by atoms with Crippen molar-refractivity contribution < 1.29 is 19.0 Å². The van der Waals surface area contributed by atoms with Crippen LogP contribution < -0.4 is 14.2 Å². The highest BCUT2D eigenvalue weighted by Gasteiger charge is 2.20. The Hall–Kier alpha value is -2.79. The van der Waals surface area contributed by atoms with Gasteiger partial charge in [0.1, 0.15) is 5.75 Å². The van der Waals surface area contributed by atoms with Gasteiger partial charge in [-0.3, -0.25) is 9.78 Å². The minimum Gasteiger partial charge on any atom is -0.493 e. The summed E-state index contributed by atoms with van der Waals surface area (Å²) in [4.78, 5) is 15.8. The fourth-order valence-corrected chi connectivity index (χ4v) is 3.18. The number of hydrogen-bond acceptors (Lipinski definition) is 5. The summed E-state index contributed by atoms with van der Waals surface area (Å²) in [7, 11) is 3.24. The lowest BCUT2D eigenvalue weighted by Crippen LogP contribution is -2.00. The van der Waals surface area contributed by atoms with E-state index in [1.807, 2.05) is 42.7 Å². The quantitative estimate of drug-likeness (QED) is 0.516. The van der Waals surface area contributed by atoms with E-state index < -0.39 is 0 Å². The van der Waals surface area contributed by atoms with Gasteiger partial charge in [-0.25, -0.2) is 0 Å². The Morgan fingerprint density at radius 2 is 1.85 bits per heavy atom. The van der Waals surface area contributed by atoms with Crippen LogP contribution in [0.1, 0.15) is 16.7 Å². The lowest BCUT2D eigenvalue weighted by atomic mass is 9.99. The summed E-state index contributed by atoms with van der Waals surface area (Å²) in [6.07, 6.45) is 4.70. The van der Waals surface area contributed by atoms with Crippen molar-refractivity contribution in [2.45, 2.75) is 12.8 Å². The van der Waals surface area contributed by atoms with E-state index in [1.54, 1.807) is 14.2 Å². The normalized spacial score (nSPS) is 12.3. The molecule has 2 aromatic carbocycles. The number of aromatic nitrogens is 1. The molecule has 0 radical (unpaired) electrons. The third kappa shape index (κ3) is 3.18. The van der Waals surface area contributed by atoms with Gasteiger partial charge in [-0.05, 0) is 41.1 Å². The largest absolute Gasteiger partial charge is 0.493 e. The number of halogens is 1. The molecule has 3 aromatic rings. The van der Waals surface area contributed by atoms with Crippen LogP contribution in [0.25, 0.3) is 10.8 Å². The third-order valence-corrected chi connectivity index (χ3v) is 4.43. The van der Waals surface area contributed by atoms with Crippen molar-refractivity contribution in [3.63, 3.8) is 0 Å². The SMILES string of the molecule is COc1cc2cncc(Cc3ccc4c(c3)OC(=O)C4)c2cc1OC.Cl. The zero-order valence-electron chi connectivity index (χ0n) is 14.4. The molecule has 0 aliphatic carbocycles. The topological polar surface area (TPSA) is 57.7 Å². The van der Waals surface area contributed by atoms with Crippen molar-refractivity contribution in [2.24, 2.45) is 0 Å². The van der Waals surface area contributed by atoms with E-state index in [1.165, 1.54) is 0 Å². The summed E-state index contributed by atoms with van der Waals surface area (Å²) in [6.45, 7) is 0. The molecule has 0 unspecified atom stereocenters. The average molecular weight is 372 g/mol. The van der Waals surface area contributed by atoms with Crippen LogP contribution in [0.2, 0.25) is 0 Å². The second-order valence-electron chi connectivity index (χ2n) is 6.00. The number of fused-ring (bicyclic) bond motifs is 2. The van der Waals surface area contributed by atoms with Crippen LogP contribution in [0.15, 0.2) is 42.7 Å². The number of methoxy groups -OCH3 is 2. The molecule has 1 aliphatic heterocycles. The number of carbonyl (C=O) groups is 1. The van der Waals surface area contributed by atoms with Crippen molar-refractivity contribution in [1.29, 1.82) is 0 Å². The Kier molecular flexibility index (Phi) is 5.00. The maximum Gasteiger partial charge on any atom is 0.315 e. The van der Waals surface area contributed by atoms with Crippen LogP contribution in [0.5, 0.6) is 17.2 Å². The Morgan fingerprint density at radius 3 is 2.62 bits per heavy atom. The number of carbonyl (C=O) groups excluding carboxylic acids is 1. The van der Waals surface area contributed by atoms with Crippen LogP contribution in [0.3, 0.4) is 0 Å². The van der Waals surface area contributed by atoms with Crippen molar-refractivity contribution in [2.75, 3.05) is 14.2 Å². The highest BCUT2D eigenvalue weighted by Crippen LogP contribution is 2.34. The minimum atomic E-state index is -0.198. The molecule has 134 valence electrons. The lowest BCUT2D eigenvalue weighted by Gasteiger charge is -2.12. The molecule has 0 saturated heterocycles. The van der Waals surface area contributed by atoms with Crippen LogP contribution in [-0.2, 0) is 17.6 Å². The number of esters is 1. The van der Waals surface area contributed by atoms with E-state index >= 15 is 0 Å². The van der Waals surface area contributed by atoms with Gasteiger partial charge in [0.15, 0.2) is 11.5 Å². The number of nitrogens with zero attached hydrogens (tertiary/aromatic N) is 1. The number of rotatable bonds is 4. The molecule has 2 heterocycles. The first kappa shape index (κ1) is 18.0. The highest BCUT2D eigenvalue weighted by molar-refractivity contribution is 5.88. The number of ether oxygens (including phenoxy) is 3. The van der Waals surface area contributed by atoms with E-state index in [9.17, 15) is 4.79 Å². The highest BCUT2D eigenvalue weighted by atomic mass is 35.5. The zero-order valence-corrected chi connectivity index (χ0v) is 15.3. The predicted molar refractivity (Wildman–Crippen MR) is 101 cm³/mol. The van der Waals surface area contributed by atoms with Gasteiger partial charge in [0.2, 0.25) is 0 Å². The van der Waals surface area contributed by atoms with Gasteiger partial charge in [0, 0.05) is 23.3 Å². The summed E-state index contributed by atoms with van der Waals surface area (Å²) < 4.78 is 16.0. The molecule has 0 saturated carbocycles. The smallest absolute Gasteiger partial charge is 0.315 e. The first-order valence-electron chi connectivity index (χ1n) is 7.99. The maximum atomic E-state index is 11.4. The van der Waals surface area contributed by atoms with Crippen molar-refractivity contribution in [3.05, 3.63) is 59.4 Å². The summed E-state index contributed by atoms with van der Waals surface area (Å²) >= 11 is 0. The van der Waals surface area contributed by atoms with Gasteiger partial charge < -0.3 is 14.2 Å². The standard InChI is InChI=1S/C20H17NO4.ClH/c1-23-18-7-15-11-21-10-14(16(15)9-19(18)24-2)5-12-3-4-13-8-20(22)25-17(13)6-12;/h3-4,6-7,9-11H,5,8H2,1-2H3;1H.